The highest BCUT2D eigenvalue weighted by Crippen LogP contribution is 2.27. The van der Waals surface area contributed by atoms with E-state index in [9.17, 15) is 14.4 Å². The number of amides is 3. The summed E-state index contributed by atoms with van der Waals surface area (Å²) >= 11 is 2.73. The molecular weight excluding hydrogens is 665 g/mol. The Bertz CT molecular complexity index is 2100. The first-order valence-electron chi connectivity index (χ1n) is 15.6. The minimum atomic E-state index is -0.473. The van der Waals surface area contributed by atoms with Crippen molar-refractivity contribution in [3.05, 3.63) is 156 Å². The van der Waals surface area contributed by atoms with Gasteiger partial charge < -0.3 is 20.7 Å². The highest BCUT2D eigenvalue weighted by Gasteiger charge is 2.16. The maximum absolute atomic E-state index is 13.5. The van der Waals surface area contributed by atoms with Gasteiger partial charge in [-0.25, -0.2) is 4.98 Å². The maximum atomic E-state index is 13.5. The Morgan fingerprint density at radius 2 is 1.38 bits per heavy atom. The first-order valence-corrected chi connectivity index (χ1v) is 17.5. The van der Waals surface area contributed by atoms with E-state index in [1.807, 2.05) is 102 Å². The van der Waals surface area contributed by atoms with Crippen molar-refractivity contribution in [1.82, 2.24) is 10.3 Å². The molecule has 8 nitrogen and oxygen atoms in total. The molecule has 10 heteroatoms. The van der Waals surface area contributed by atoms with Crippen molar-refractivity contribution in [3.8, 4) is 28.1 Å². The highest BCUT2D eigenvalue weighted by atomic mass is 32.2. The molecule has 0 saturated heterocycles. The Balaban J connectivity index is 1.07. The molecule has 5 aromatic carbocycles. The Morgan fingerprint density at radius 3 is 2.06 bits per heavy atom. The molecule has 0 aliphatic carbocycles. The van der Waals surface area contributed by atoms with E-state index in [4.69, 9.17) is 4.74 Å². The summed E-state index contributed by atoms with van der Waals surface area (Å²) < 4.78 is 5.21. The molecule has 0 spiro atoms. The van der Waals surface area contributed by atoms with Crippen LogP contribution in [0.15, 0.2) is 149 Å². The molecule has 0 aliphatic heterocycles. The summed E-state index contributed by atoms with van der Waals surface area (Å²) in [6.07, 6.45) is 1.65. The fourth-order valence-corrected chi connectivity index (χ4v) is 6.31. The van der Waals surface area contributed by atoms with Gasteiger partial charge in [0.25, 0.3) is 11.8 Å². The molecule has 0 fully saturated rings. The minimum Gasteiger partial charge on any atom is -0.497 e. The first-order chi connectivity index (χ1) is 24.4. The van der Waals surface area contributed by atoms with Crippen LogP contribution in [-0.4, -0.2) is 35.6 Å². The number of benzene rings is 5. The van der Waals surface area contributed by atoms with Crippen molar-refractivity contribution in [1.29, 1.82) is 0 Å². The first kappa shape index (κ1) is 33.9. The van der Waals surface area contributed by atoms with Crippen LogP contribution in [0.4, 0.5) is 10.8 Å². The number of rotatable bonds is 12. The van der Waals surface area contributed by atoms with Crippen LogP contribution in [0.2, 0.25) is 0 Å². The predicted molar refractivity (Wildman–Crippen MR) is 202 cm³/mol. The number of anilines is 2. The normalized spacial score (nSPS) is 11.0. The van der Waals surface area contributed by atoms with Crippen LogP contribution in [0.3, 0.4) is 0 Å². The average molecular weight is 697 g/mol. The standard InChI is InChI=1S/C40H32N4O4S2/c1-48-33-20-16-30(17-21-33)36-25-50-40(43-36)44-37(45)26-49-34-22-18-32(19-23-34)41-39(47)35(42-38(46)31-10-6-3-7-11-31)24-27-12-14-29(15-13-27)28-8-4-2-5-9-28/h2-25H,26H2,1H3,(H,41,47)(H,42,46)(H,43,44,45)/b35-24-. The van der Waals surface area contributed by atoms with E-state index in [1.165, 1.54) is 23.1 Å². The van der Waals surface area contributed by atoms with Crippen molar-refractivity contribution >= 4 is 57.7 Å². The number of nitrogens with one attached hydrogen (secondary N) is 3. The van der Waals surface area contributed by atoms with Crippen LogP contribution in [0.25, 0.3) is 28.5 Å². The summed E-state index contributed by atoms with van der Waals surface area (Å²) in [4.78, 5) is 44.6. The molecule has 1 heterocycles. The fraction of sp³-hybridized carbons (Fsp3) is 0.0500. The van der Waals surface area contributed by atoms with Gasteiger partial charge in [0, 0.05) is 27.1 Å². The topological polar surface area (TPSA) is 109 Å². The summed E-state index contributed by atoms with van der Waals surface area (Å²) in [5.41, 5.74) is 5.65. The van der Waals surface area contributed by atoms with E-state index in [-0.39, 0.29) is 17.4 Å². The summed E-state index contributed by atoms with van der Waals surface area (Å²) in [6, 6.07) is 41.2. The van der Waals surface area contributed by atoms with Gasteiger partial charge in [-0.1, -0.05) is 72.8 Å². The van der Waals surface area contributed by atoms with Gasteiger partial charge in [-0.3, -0.25) is 14.4 Å². The second-order valence-corrected chi connectivity index (χ2v) is 12.9. The van der Waals surface area contributed by atoms with Crippen LogP contribution in [0, 0.1) is 0 Å². The van der Waals surface area contributed by atoms with Crippen LogP contribution >= 0.6 is 23.1 Å². The van der Waals surface area contributed by atoms with Crippen LogP contribution in [0.5, 0.6) is 5.75 Å². The number of thiazole rings is 1. The van der Waals surface area contributed by atoms with Gasteiger partial charge in [-0.05, 0) is 83.4 Å². The lowest BCUT2D eigenvalue weighted by atomic mass is 10.0. The monoisotopic (exact) mass is 696 g/mol. The van der Waals surface area contributed by atoms with E-state index in [0.29, 0.717) is 16.4 Å². The molecule has 0 atom stereocenters. The molecule has 0 saturated carbocycles. The number of hydrogen-bond acceptors (Lipinski definition) is 7. The second kappa shape index (κ2) is 16.4. The zero-order valence-electron chi connectivity index (χ0n) is 27.0. The van der Waals surface area contributed by atoms with Crippen molar-refractivity contribution in [2.45, 2.75) is 4.90 Å². The number of ether oxygens (including phenoxy) is 1. The summed E-state index contributed by atoms with van der Waals surface area (Å²) in [5, 5.41) is 10.9. The number of hydrogen-bond donors (Lipinski definition) is 3. The third-order valence-corrected chi connectivity index (χ3v) is 9.25. The molecule has 3 amide bonds. The highest BCUT2D eigenvalue weighted by molar-refractivity contribution is 8.00. The molecule has 50 heavy (non-hydrogen) atoms. The molecule has 0 aliphatic rings. The molecule has 0 bridgehead atoms. The van der Waals surface area contributed by atoms with Crippen molar-refractivity contribution in [3.63, 3.8) is 0 Å². The smallest absolute Gasteiger partial charge is 0.272 e. The predicted octanol–water partition coefficient (Wildman–Crippen LogP) is 8.63. The van der Waals surface area contributed by atoms with Gasteiger partial charge in [0.15, 0.2) is 5.13 Å². The molecule has 3 N–H and O–H groups in total. The van der Waals surface area contributed by atoms with Crippen LogP contribution in [0.1, 0.15) is 15.9 Å². The molecule has 1 aromatic heterocycles. The molecule has 248 valence electrons. The van der Waals surface area contributed by atoms with Gasteiger partial charge in [0.2, 0.25) is 5.91 Å². The summed E-state index contributed by atoms with van der Waals surface area (Å²) in [5.74, 6) is -0.0973. The van der Waals surface area contributed by atoms with Crippen molar-refractivity contribution in [2.24, 2.45) is 0 Å². The van der Waals surface area contributed by atoms with Crippen LogP contribution in [-0.2, 0) is 9.59 Å². The summed E-state index contributed by atoms with van der Waals surface area (Å²) in [7, 11) is 1.62. The van der Waals surface area contributed by atoms with E-state index in [1.54, 1.807) is 49.6 Å². The zero-order valence-corrected chi connectivity index (χ0v) is 28.6. The zero-order chi connectivity index (χ0) is 34.7. The SMILES string of the molecule is COc1ccc(-c2csc(NC(=O)CSc3ccc(NC(=O)/C(=C/c4ccc(-c5ccccc5)cc4)NC(=O)c4ccccc4)cc3)n2)cc1. The number of nitrogens with zero attached hydrogens (tertiary/aromatic N) is 1. The number of carbonyl (C=O) groups is 3. The van der Waals surface area contributed by atoms with Gasteiger partial charge in [-0.15, -0.1) is 23.1 Å². The quantitative estimate of drug-likeness (QED) is 0.0874. The minimum absolute atomic E-state index is 0.0961. The van der Waals surface area contributed by atoms with Gasteiger partial charge >= 0.3 is 0 Å². The van der Waals surface area contributed by atoms with Crippen LogP contribution < -0.4 is 20.7 Å². The van der Waals surface area contributed by atoms with E-state index < -0.39 is 11.8 Å². The van der Waals surface area contributed by atoms with E-state index in [0.717, 1.165) is 38.6 Å². The summed E-state index contributed by atoms with van der Waals surface area (Å²) in [6.45, 7) is 0. The Hall–Kier alpha value is -5.97. The van der Waals surface area contributed by atoms with E-state index >= 15 is 0 Å². The molecular formula is C40H32N4O4S2. The van der Waals surface area contributed by atoms with Crippen molar-refractivity contribution < 1.29 is 19.1 Å². The van der Waals surface area contributed by atoms with Gasteiger partial charge in [-0.2, -0.15) is 0 Å². The lowest BCUT2D eigenvalue weighted by molar-refractivity contribution is -0.114. The van der Waals surface area contributed by atoms with Gasteiger partial charge in [0.1, 0.15) is 11.4 Å². The molecule has 6 rings (SSSR count). The van der Waals surface area contributed by atoms with Gasteiger partial charge in [0.05, 0.1) is 18.6 Å². The largest absolute Gasteiger partial charge is 0.497 e. The number of carbonyl (C=O) groups excluding carboxylic acids is 3. The maximum Gasteiger partial charge on any atom is 0.272 e. The fourth-order valence-electron chi connectivity index (χ4n) is 4.87. The molecule has 0 radical (unpaired) electrons. The Kier molecular flexibility index (Phi) is 11.1. The molecule has 0 unspecified atom stereocenters. The number of aromatic nitrogens is 1. The number of methoxy groups -OCH3 is 1. The number of thioether (sulfide) groups is 1. The lowest BCUT2D eigenvalue weighted by Gasteiger charge is -2.12. The van der Waals surface area contributed by atoms with Crippen molar-refractivity contribution in [2.75, 3.05) is 23.5 Å². The second-order valence-electron chi connectivity index (χ2n) is 10.9. The third-order valence-electron chi connectivity index (χ3n) is 7.48. The Morgan fingerprint density at radius 1 is 0.740 bits per heavy atom. The molecule has 6 aromatic rings. The average Bonchev–Trinajstić information content (AvgIpc) is 3.63. The third kappa shape index (κ3) is 9.13. The lowest BCUT2D eigenvalue weighted by Crippen LogP contribution is -2.30. The van der Waals surface area contributed by atoms with E-state index in [2.05, 4.69) is 20.9 Å². The Labute approximate surface area is 298 Å².